The average molecular weight is 399 g/mol. The number of likely N-dealkylation sites (tertiary alicyclic amines) is 1. The van der Waals surface area contributed by atoms with Gasteiger partial charge in [-0.2, -0.15) is 5.10 Å². The van der Waals surface area contributed by atoms with E-state index in [1.807, 2.05) is 48.4 Å². The molecule has 6 heteroatoms. The molecule has 0 radical (unpaired) electrons. The van der Waals surface area contributed by atoms with Crippen molar-refractivity contribution in [3.8, 4) is 11.3 Å². The Morgan fingerprint density at radius 2 is 2.00 bits per heavy atom. The molecule has 1 saturated heterocycles. The highest BCUT2D eigenvalue weighted by molar-refractivity contribution is 5.94. The number of benzene rings is 1. The number of aromatic amines is 1. The zero-order valence-corrected chi connectivity index (χ0v) is 17.2. The molecule has 1 aliphatic rings. The molecule has 2 atom stereocenters. The van der Waals surface area contributed by atoms with Gasteiger partial charge in [0, 0.05) is 42.7 Å². The summed E-state index contributed by atoms with van der Waals surface area (Å²) in [6.07, 6.45) is 6.75. The van der Waals surface area contributed by atoms with Crippen LogP contribution in [0.1, 0.15) is 29.3 Å². The van der Waals surface area contributed by atoms with E-state index in [1.54, 1.807) is 6.20 Å². The molecular formula is C24H25N5O. The van der Waals surface area contributed by atoms with Crippen LogP contribution in [0.3, 0.4) is 0 Å². The van der Waals surface area contributed by atoms with Crippen molar-refractivity contribution in [3.63, 3.8) is 0 Å². The van der Waals surface area contributed by atoms with Crippen molar-refractivity contribution in [1.29, 1.82) is 0 Å². The summed E-state index contributed by atoms with van der Waals surface area (Å²) in [5.41, 5.74) is 5.95. The van der Waals surface area contributed by atoms with E-state index in [-0.39, 0.29) is 11.9 Å². The summed E-state index contributed by atoms with van der Waals surface area (Å²) < 4.78 is 2.26. The molecule has 1 N–H and O–H groups in total. The van der Waals surface area contributed by atoms with Gasteiger partial charge in [-0.1, -0.05) is 17.7 Å². The summed E-state index contributed by atoms with van der Waals surface area (Å²) in [6.45, 7) is 5.86. The van der Waals surface area contributed by atoms with E-state index < -0.39 is 0 Å². The van der Waals surface area contributed by atoms with Gasteiger partial charge < -0.3 is 9.47 Å². The van der Waals surface area contributed by atoms with Crippen molar-refractivity contribution in [2.45, 2.75) is 32.9 Å². The molecule has 152 valence electrons. The number of rotatable bonds is 4. The zero-order valence-electron chi connectivity index (χ0n) is 17.2. The number of amides is 1. The van der Waals surface area contributed by atoms with Gasteiger partial charge in [-0.05, 0) is 56.5 Å². The second kappa shape index (κ2) is 7.44. The van der Waals surface area contributed by atoms with Gasteiger partial charge in [0.2, 0.25) is 0 Å². The maximum atomic E-state index is 13.0. The summed E-state index contributed by atoms with van der Waals surface area (Å²) in [6, 6.07) is 14.3. The molecule has 0 spiro atoms. The van der Waals surface area contributed by atoms with Crippen LogP contribution in [-0.4, -0.2) is 43.1 Å². The number of aryl methyl sites for hydroxylation is 1. The van der Waals surface area contributed by atoms with Gasteiger partial charge in [0.15, 0.2) is 0 Å². The van der Waals surface area contributed by atoms with Crippen LogP contribution in [0.25, 0.3) is 22.3 Å². The molecule has 30 heavy (non-hydrogen) atoms. The second-order valence-corrected chi connectivity index (χ2v) is 8.33. The van der Waals surface area contributed by atoms with Crippen molar-refractivity contribution >= 4 is 16.9 Å². The van der Waals surface area contributed by atoms with Gasteiger partial charge in [0.05, 0.1) is 22.9 Å². The topological polar surface area (TPSA) is 66.8 Å². The lowest BCUT2D eigenvalue weighted by Gasteiger charge is -2.21. The first-order valence-corrected chi connectivity index (χ1v) is 10.4. The summed E-state index contributed by atoms with van der Waals surface area (Å²) in [5, 5.41) is 6.84. The molecule has 1 unspecified atom stereocenters. The van der Waals surface area contributed by atoms with Gasteiger partial charge >= 0.3 is 0 Å². The largest absolute Gasteiger partial charge is 0.346 e. The highest BCUT2D eigenvalue weighted by Crippen LogP contribution is 2.28. The zero-order chi connectivity index (χ0) is 20.7. The fraction of sp³-hybridized carbons (Fsp3) is 0.292. The number of nitrogens with one attached hydrogen (secondary N) is 1. The highest BCUT2D eigenvalue weighted by atomic mass is 16.2. The Bertz CT molecular complexity index is 1180. The first kappa shape index (κ1) is 18.6. The summed E-state index contributed by atoms with van der Waals surface area (Å²) in [4.78, 5) is 19.8. The van der Waals surface area contributed by atoms with Crippen LogP contribution in [0.5, 0.6) is 0 Å². The summed E-state index contributed by atoms with van der Waals surface area (Å²) >= 11 is 0. The molecule has 0 bridgehead atoms. The van der Waals surface area contributed by atoms with E-state index in [9.17, 15) is 4.79 Å². The quantitative estimate of drug-likeness (QED) is 0.557. The lowest BCUT2D eigenvalue weighted by Crippen LogP contribution is -2.34. The number of pyridine rings is 1. The van der Waals surface area contributed by atoms with E-state index in [2.05, 4.69) is 40.0 Å². The number of H-pyrrole nitrogens is 1. The summed E-state index contributed by atoms with van der Waals surface area (Å²) in [7, 11) is 0. The molecule has 0 aliphatic carbocycles. The van der Waals surface area contributed by atoms with Gasteiger partial charge in [0.1, 0.15) is 0 Å². The number of carbonyl (C=O) groups excluding carboxylic acids is 1. The molecule has 6 nitrogen and oxygen atoms in total. The number of nitrogens with zero attached hydrogens (tertiary/aromatic N) is 4. The van der Waals surface area contributed by atoms with Crippen LogP contribution in [0.15, 0.2) is 61.1 Å². The van der Waals surface area contributed by atoms with Gasteiger partial charge in [-0.3, -0.25) is 9.89 Å². The van der Waals surface area contributed by atoms with Crippen molar-refractivity contribution in [1.82, 2.24) is 24.6 Å². The Labute approximate surface area is 175 Å². The lowest BCUT2D eigenvalue weighted by molar-refractivity contribution is 0.0742. The molecule has 1 aromatic carbocycles. The minimum absolute atomic E-state index is 0.133. The first-order valence-electron chi connectivity index (χ1n) is 10.4. The second-order valence-electron chi connectivity index (χ2n) is 8.33. The number of hydrogen-bond acceptors (Lipinski definition) is 3. The van der Waals surface area contributed by atoms with E-state index >= 15 is 0 Å². The highest BCUT2D eigenvalue weighted by Gasteiger charge is 2.33. The van der Waals surface area contributed by atoms with E-state index in [0.717, 1.165) is 47.4 Å². The van der Waals surface area contributed by atoms with Gasteiger partial charge in [0.25, 0.3) is 5.91 Å². The third-order valence-corrected chi connectivity index (χ3v) is 6.09. The molecule has 3 aromatic heterocycles. The van der Waals surface area contributed by atoms with Crippen LogP contribution in [-0.2, 0) is 6.54 Å². The Kier molecular flexibility index (Phi) is 4.62. The minimum atomic E-state index is 0.133. The van der Waals surface area contributed by atoms with Gasteiger partial charge in [-0.15, -0.1) is 0 Å². The van der Waals surface area contributed by atoms with Crippen LogP contribution in [0, 0.1) is 12.8 Å². The van der Waals surface area contributed by atoms with Crippen LogP contribution < -0.4 is 0 Å². The van der Waals surface area contributed by atoms with Crippen LogP contribution >= 0.6 is 0 Å². The van der Waals surface area contributed by atoms with E-state index in [0.29, 0.717) is 5.92 Å². The van der Waals surface area contributed by atoms with Crippen molar-refractivity contribution < 1.29 is 4.79 Å². The monoisotopic (exact) mass is 399 g/mol. The first-order chi connectivity index (χ1) is 14.6. The minimum Gasteiger partial charge on any atom is -0.346 e. The third kappa shape index (κ3) is 3.38. The Morgan fingerprint density at radius 3 is 2.77 bits per heavy atom. The van der Waals surface area contributed by atoms with E-state index in [4.69, 9.17) is 4.98 Å². The van der Waals surface area contributed by atoms with Crippen molar-refractivity contribution in [2.24, 2.45) is 5.92 Å². The van der Waals surface area contributed by atoms with Crippen molar-refractivity contribution in [2.75, 3.05) is 6.54 Å². The fourth-order valence-corrected chi connectivity index (χ4v) is 4.48. The molecular weight excluding hydrogens is 374 g/mol. The molecule has 0 saturated carbocycles. The molecule has 4 heterocycles. The molecule has 4 aromatic rings. The van der Waals surface area contributed by atoms with Gasteiger partial charge in [-0.25, -0.2) is 4.98 Å². The number of carbonyl (C=O) groups is 1. The maximum Gasteiger partial charge on any atom is 0.254 e. The summed E-state index contributed by atoms with van der Waals surface area (Å²) in [5.74, 6) is 0.562. The SMILES string of the molecule is Cc1ccc(C(=O)N2CC(Cn3ccc4nc(-c5cn[nH]c5)ccc43)C[C@@H]2C)cc1. The Balaban J connectivity index is 1.32. The number of hydrogen-bond donors (Lipinski definition) is 1. The van der Waals surface area contributed by atoms with E-state index in [1.165, 1.54) is 5.56 Å². The smallest absolute Gasteiger partial charge is 0.254 e. The molecule has 5 rings (SSSR count). The Morgan fingerprint density at radius 1 is 1.17 bits per heavy atom. The predicted molar refractivity (Wildman–Crippen MR) is 117 cm³/mol. The van der Waals surface area contributed by atoms with Crippen molar-refractivity contribution in [3.05, 3.63) is 72.2 Å². The Hall–Kier alpha value is -3.41. The lowest BCUT2D eigenvalue weighted by atomic mass is 10.1. The standard InChI is InChI=1S/C24H25N5O/c1-16-3-5-19(6-4-16)24(30)29-15-18(11-17(29)2)14-28-10-9-22-23(28)8-7-21(27-22)20-12-25-26-13-20/h3-10,12-13,17-18H,11,14-15H2,1-2H3,(H,25,26)/t17-,18?/m0/s1. The number of fused-ring (bicyclic) bond motifs is 1. The third-order valence-electron chi connectivity index (χ3n) is 6.09. The molecule has 1 fully saturated rings. The number of aromatic nitrogens is 4. The average Bonchev–Trinajstić information content (AvgIpc) is 3.49. The maximum absolute atomic E-state index is 13.0. The van der Waals surface area contributed by atoms with Crippen LogP contribution in [0.2, 0.25) is 0 Å². The fourth-order valence-electron chi connectivity index (χ4n) is 4.48. The molecule has 1 aliphatic heterocycles. The molecule has 1 amide bonds. The predicted octanol–water partition coefficient (Wildman–Crippen LogP) is 4.29. The van der Waals surface area contributed by atoms with Crippen LogP contribution in [0.4, 0.5) is 0 Å². The normalized spacial score (nSPS) is 18.9.